The molecule has 9 nitrogen and oxygen atoms in total. The highest BCUT2D eigenvalue weighted by molar-refractivity contribution is 6.28. The molecule has 5 heterocycles. The Kier molecular flexibility index (Phi) is 15.7. The van der Waals surface area contributed by atoms with Gasteiger partial charge in [0.2, 0.25) is 0 Å². The summed E-state index contributed by atoms with van der Waals surface area (Å²) < 4.78 is 11.0. The standard InChI is InChI=1S/C55H70N4O5/c1-13-39-35(8)42-28-44-37(10)41(24-25-48(60)64-27-26-34(7)23-17-22-33(6)21-16-20-32(5)19-15-18-31(3)4)52(58-44)50-51(55(62)63-12)54(61)49-38(11)45(59-53(49)50)30-47-40(14-2)36(9)43(57-47)29-46(39)56-42/h13,24-26,28-33,51,56,61H,1,14-23,27H2,2-12H3/b25-24+,34-26+,42-28?,46-29?,47-30?,52-50?/t32?,33?,51-/m1/s1/i3+1,19+1,21+1,23+1/t31?,32?,33?,51-. The molecule has 5 aliphatic rings. The van der Waals surface area contributed by atoms with Gasteiger partial charge >= 0.3 is 11.9 Å². The van der Waals surface area contributed by atoms with Crippen LogP contribution >= 0.6 is 0 Å². The van der Waals surface area contributed by atoms with Gasteiger partial charge in [0.15, 0.2) is 0 Å². The molecule has 1 aromatic rings. The van der Waals surface area contributed by atoms with Crippen LogP contribution in [-0.4, -0.2) is 52.9 Å². The first-order chi connectivity index (χ1) is 30.6. The lowest BCUT2D eigenvalue weighted by atomic mass is 9.93. The molecule has 3 unspecified atom stereocenters. The fraction of sp³-hybridized carbons (Fsp3) is 0.473. The summed E-state index contributed by atoms with van der Waals surface area (Å²) in [6.07, 6.45) is 24.9. The number of carbonyl (C=O) groups is 2. The molecule has 0 radical (unpaired) electrons. The van der Waals surface area contributed by atoms with Crippen molar-refractivity contribution < 1.29 is 24.2 Å². The van der Waals surface area contributed by atoms with Gasteiger partial charge in [-0.05, 0) is 130 Å². The van der Waals surface area contributed by atoms with Crippen LogP contribution < -0.4 is 10.7 Å². The monoisotopic (exact) mass is 871 g/mol. The number of carbonyl (C=O) groups excluding carboxylic acids is 2. The van der Waals surface area contributed by atoms with Gasteiger partial charge in [0.05, 0.1) is 41.3 Å². The molecule has 64 heavy (non-hydrogen) atoms. The number of aliphatic hydroxyl groups is 1. The molecule has 4 aliphatic heterocycles. The number of fused-ring (bicyclic) bond motifs is 5. The van der Waals surface area contributed by atoms with Gasteiger partial charge < -0.3 is 19.6 Å². The average molecular weight is 871 g/mol. The first-order valence-electron chi connectivity index (χ1n) is 23.5. The van der Waals surface area contributed by atoms with Crippen molar-refractivity contribution in [1.82, 2.24) is 4.98 Å². The predicted molar refractivity (Wildman–Crippen MR) is 263 cm³/mol. The Labute approximate surface area is 381 Å². The van der Waals surface area contributed by atoms with E-state index >= 15 is 0 Å². The normalized spacial score (nSPS) is 19.8. The number of ether oxygens (including phenoxy) is 2. The molecule has 0 fully saturated rings. The van der Waals surface area contributed by atoms with Gasteiger partial charge in [-0.1, -0.05) is 97.8 Å². The molecule has 0 spiro atoms. The number of aliphatic imine (C=N–C) groups is 3. The van der Waals surface area contributed by atoms with Crippen LogP contribution in [0, 0.1) is 30.6 Å². The maximum absolute atomic E-state index is 13.6. The van der Waals surface area contributed by atoms with Crippen molar-refractivity contribution in [2.24, 2.45) is 38.6 Å². The summed E-state index contributed by atoms with van der Waals surface area (Å²) in [6, 6.07) is 0. The number of aliphatic hydroxyl groups excluding tert-OH is 1. The van der Waals surface area contributed by atoms with E-state index in [9.17, 15) is 14.7 Å². The summed E-state index contributed by atoms with van der Waals surface area (Å²) in [4.78, 5) is 45.8. The van der Waals surface area contributed by atoms with E-state index < -0.39 is 17.9 Å². The summed E-state index contributed by atoms with van der Waals surface area (Å²) in [7, 11) is 1.30. The number of esters is 2. The summed E-state index contributed by atoms with van der Waals surface area (Å²) in [5.41, 5.74) is 12.1. The molecule has 8 bridgehead atoms. The largest absolute Gasteiger partial charge is 0.510 e. The van der Waals surface area contributed by atoms with E-state index in [1.54, 1.807) is 6.08 Å². The van der Waals surface area contributed by atoms with E-state index in [1.807, 2.05) is 45.1 Å². The second-order valence-corrected chi connectivity index (χ2v) is 18.8. The van der Waals surface area contributed by atoms with E-state index in [4.69, 9.17) is 24.5 Å². The number of hydrogen-bond acceptors (Lipinski definition) is 8. The smallest absolute Gasteiger partial charge is 0.331 e. The van der Waals surface area contributed by atoms with E-state index in [-0.39, 0.29) is 12.4 Å². The van der Waals surface area contributed by atoms with E-state index in [2.05, 4.69) is 66.1 Å². The Morgan fingerprint density at radius 2 is 1.53 bits per heavy atom. The number of rotatable bonds is 19. The fourth-order valence-electron chi connectivity index (χ4n) is 9.54. The second kappa shape index (κ2) is 21.0. The van der Waals surface area contributed by atoms with Crippen LogP contribution in [0.4, 0.5) is 0 Å². The summed E-state index contributed by atoms with van der Waals surface area (Å²) >= 11 is 0. The van der Waals surface area contributed by atoms with Gasteiger partial charge in [0.1, 0.15) is 18.3 Å². The molecular formula is C55H70N4O5. The fourth-order valence-corrected chi connectivity index (χ4v) is 9.54. The van der Waals surface area contributed by atoms with Crippen LogP contribution in [0.1, 0.15) is 138 Å². The van der Waals surface area contributed by atoms with Crippen molar-refractivity contribution in [3.63, 3.8) is 0 Å². The number of nitrogens with zero attached hydrogens (tertiary/aromatic N) is 3. The van der Waals surface area contributed by atoms with E-state index in [1.165, 1.54) is 63.7 Å². The minimum Gasteiger partial charge on any atom is -0.510 e. The number of allylic oxidation sites excluding steroid dienone is 8. The Hall–Kier alpha value is -5.57. The molecule has 0 amide bonds. The van der Waals surface area contributed by atoms with Crippen molar-refractivity contribution in [2.75, 3.05) is 13.7 Å². The highest BCUT2D eigenvalue weighted by Crippen LogP contribution is 2.47. The quantitative estimate of drug-likeness (QED) is 0.0620. The summed E-state index contributed by atoms with van der Waals surface area (Å²) in [5, 5.41) is 13.6. The average Bonchev–Trinajstić information content (AvgIpc) is 3.99. The Bertz CT molecular complexity index is 2570. The molecule has 9 heteroatoms. The van der Waals surface area contributed by atoms with Crippen molar-refractivity contribution in [3.05, 3.63) is 120 Å². The van der Waals surface area contributed by atoms with E-state index in [0.717, 1.165) is 81.1 Å². The van der Waals surface area contributed by atoms with Crippen molar-refractivity contribution in [1.29, 1.82) is 0 Å². The third-order valence-corrected chi connectivity index (χ3v) is 13.6. The Balaban J connectivity index is 1.25. The number of H-pyrrole nitrogens is 1. The van der Waals surface area contributed by atoms with Crippen LogP contribution in [-0.2, 0) is 19.1 Å². The highest BCUT2D eigenvalue weighted by atomic mass is 16.5. The van der Waals surface area contributed by atoms with E-state index in [0.29, 0.717) is 51.0 Å². The zero-order valence-corrected chi connectivity index (χ0v) is 40.3. The van der Waals surface area contributed by atoms with Crippen molar-refractivity contribution >= 4 is 47.3 Å². The molecule has 0 saturated carbocycles. The van der Waals surface area contributed by atoms with Gasteiger partial charge in [0.25, 0.3) is 0 Å². The number of aromatic nitrogens is 1. The summed E-state index contributed by atoms with van der Waals surface area (Å²) in [5.74, 6) is -0.137. The molecule has 340 valence electrons. The predicted octanol–water partition coefficient (Wildman–Crippen LogP) is 11.5. The third kappa shape index (κ3) is 10.3. The van der Waals surface area contributed by atoms with Crippen LogP contribution in [0.15, 0.2) is 113 Å². The van der Waals surface area contributed by atoms with Crippen LogP contribution in [0.25, 0.3) is 18.2 Å². The van der Waals surface area contributed by atoms with Crippen LogP contribution in [0.3, 0.4) is 0 Å². The maximum Gasteiger partial charge on any atom is 0.331 e. The number of nitrogens with one attached hydrogen (secondary N) is 1. The Morgan fingerprint density at radius 3 is 2.19 bits per heavy atom. The van der Waals surface area contributed by atoms with Gasteiger partial charge in [0, 0.05) is 39.1 Å². The zero-order chi connectivity index (χ0) is 46.4. The minimum absolute atomic E-state index is 0.144. The number of methoxy groups -OCH3 is 1. The SMILES string of the molecule is C=Cc1c(C)c2[nH]c1=CC1=NC(=CC3=C(C)C4=C(O)[C@H](C(=O)OC)C(=C5N=C(C=2)C(C)=C5/C=C/C(=O)OC/C=C(\C)[13CH2]CCC(C)[13CH2]CCC(C)[13CH2]CCC(C)[13CH3])C4=N3)C(CC)=C1C. The van der Waals surface area contributed by atoms with Gasteiger partial charge in [-0.2, -0.15) is 0 Å². The molecule has 4 atom stereocenters. The first-order valence-corrected chi connectivity index (χ1v) is 23.5. The molecule has 0 aromatic carbocycles. The maximum atomic E-state index is 13.6. The number of aromatic amines is 1. The zero-order valence-electron chi connectivity index (χ0n) is 40.3. The highest BCUT2D eigenvalue weighted by Gasteiger charge is 2.47. The molecule has 0 saturated heterocycles. The summed E-state index contributed by atoms with van der Waals surface area (Å²) in [6.45, 7) is 25.8. The lowest BCUT2D eigenvalue weighted by Gasteiger charge is -2.15. The first kappa shape index (κ1) is 47.9. The lowest BCUT2D eigenvalue weighted by molar-refractivity contribution is -0.143. The van der Waals surface area contributed by atoms with Gasteiger partial charge in [-0.25, -0.2) is 19.8 Å². The van der Waals surface area contributed by atoms with Gasteiger partial charge in [-0.3, -0.25) is 4.79 Å². The van der Waals surface area contributed by atoms with Crippen molar-refractivity contribution in [3.8, 4) is 0 Å². The molecule has 2 N–H and O–H groups in total. The molecule has 1 aromatic heterocycles. The molecule has 6 rings (SSSR count). The third-order valence-electron chi connectivity index (χ3n) is 13.6. The molecule has 1 aliphatic carbocycles. The topological polar surface area (TPSA) is 126 Å². The second-order valence-electron chi connectivity index (χ2n) is 18.8. The minimum atomic E-state index is -1.17. The van der Waals surface area contributed by atoms with Crippen LogP contribution in [0.5, 0.6) is 0 Å². The van der Waals surface area contributed by atoms with Crippen molar-refractivity contribution in [2.45, 2.75) is 133 Å². The molecular weight excluding hydrogens is 801 g/mol. The number of hydrogen-bond donors (Lipinski definition) is 2. The van der Waals surface area contributed by atoms with Gasteiger partial charge in [-0.15, -0.1) is 0 Å². The Morgan fingerprint density at radius 1 is 0.875 bits per heavy atom. The van der Waals surface area contributed by atoms with Crippen LogP contribution in [0.2, 0.25) is 0 Å². The lowest BCUT2D eigenvalue weighted by Crippen LogP contribution is -2.20.